The molecule has 0 aliphatic heterocycles. The Morgan fingerprint density at radius 1 is 1.06 bits per heavy atom. The zero-order valence-corrected chi connectivity index (χ0v) is 22.3. The summed E-state index contributed by atoms with van der Waals surface area (Å²) in [7, 11) is -4.04. The Morgan fingerprint density at radius 3 is 2.29 bits per heavy atom. The SMILES string of the molecule is CCOc1ccc(S(=O)(=O)N(CC(=O)Nc2c(C)cc(Br)cc2C)Cc2ccccc2)cc1Cl. The summed E-state index contributed by atoms with van der Waals surface area (Å²) in [5, 5.41) is 3.06. The molecule has 1 N–H and O–H groups in total. The molecular formula is C25H26BrClN2O4S. The monoisotopic (exact) mass is 564 g/mol. The Balaban J connectivity index is 1.92. The van der Waals surface area contributed by atoms with Crippen LogP contribution in [0.4, 0.5) is 5.69 Å². The van der Waals surface area contributed by atoms with E-state index in [1.165, 1.54) is 18.2 Å². The first kappa shape index (κ1) is 26.2. The summed E-state index contributed by atoms with van der Waals surface area (Å²) in [5.74, 6) is -0.0401. The van der Waals surface area contributed by atoms with Crippen LogP contribution in [-0.2, 0) is 21.4 Å². The first-order chi connectivity index (χ1) is 16.1. The molecule has 1 amide bonds. The average molecular weight is 566 g/mol. The van der Waals surface area contributed by atoms with Crippen LogP contribution in [0.2, 0.25) is 5.02 Å². The molecule has 0 atom stereocenters. The third-order valence-electron chi connectivity index (χ3n) is 5.12. The second kappa shape index (κ2) is 11.4. The van der Waals surface area contributed by atoms with Gasteiger partial charge in [0, 0.05) is 16.7 Å². The van der Waals surface area contributed by atoms with E-state index in [-0.39, 0.29) is 23.0 Å². The molecule has 34 heavy (non-hydrogen) atoms. The number of hydrogen-bond acceptors (Lipinski definition) is 4. The minimum Gasteiger partial charge on any atom is -0.492 e. The highest BCUT2D eigenvalue weighted by Crippen LogP contribution is 2.30. The third-order valence-corrected chi connectivity index (χ3v) is 7.67. The van der Waals surface area contributed by atoms with Crippen molar-refractivity contribution < 1.29 is 17.9 Å². The number of carbonyl (C=O) groups excluding carboxylic acids is 1. The van der Waals surface area contributed by atoms with Crippen LogP contribution in [0, 0.1) is 13.8 Å². The first-order valence-corrected chi connectivity index (χ1v) is 13.3. The lowest BCUT2D eigenvalue weighted by atomic mass is 10.1. The molecule has 0 aliphatic rings. The molecule has 3 aromatic carbocycles. The van der Waals surface area contributed by atoms with Gasteiger partial charge in [-0.3, -0.25) is 4.79 Å². The van der Waals surface area contributed by atoms with Gasteiger partial charge in [-0.05, 0) is 67.8 Å². The Hall–Kier alpha value is -2.39. The fourth-order valence-corrected chi connectivity index (χ4v) is 5.92. The summed E-state index contributed by atoms with van der Waals surface area (Å²) in [4.78, 5) is 13.0. The van der Waals surface area contributed by atoms with Crippen LogP contribution in [0.25, 0.3) is 0 Å². The molecule has 0 aromatic heterocycles. The molecule has 9 heteroatoms. The van der Waals surface area contributed by atoms with Gasteiger partial charge in [0.05, 0.1) is 23.1 Å². The lowest BCUT2D eigenvalue weighted by Gasteiger charge is -2.23. The number of carbonyl (C=O) groups is 1. The molecule has 6 nitrogen and oxygen atoms in total. The molecule has 0 unspecified atom stereocenters. The summed E-state index contributed by atoms with van der Waals surface area (Å²) >= 11 is 9.69. The topological polar surface area (TPSA) is 75.7 Å². The highest BCUT2D eigenvalue weighted by Gasteiger charge is 2.28. The van der Waals surface area contributed by atoms with Crippen molar-refractivity contribution in [2.45, 2.75) is 32.2 Å². The first-order valence-electron chi connectivity index (χ1n) is 10.6. The van der Waals surface area contributed by atoms with Crippen molar-refractivity contribution in [1.29, 1.82) is 0 Å². The van der Waals surface area contributed by atoms with E-state index < -0.39 is 15.9 Å². The summed E-state index contributed by atoms with van der Waals surface area (Å²) in [5.41, 5.74) is 3.16. The maximum absolute atomic E-state index is 13.6. The number of anilines is 1. The molecule has 0 aliphatic carbocycles. The Morgan fingerprint density at radius 2 is 1.71 bits per heavy atom. The van der Waals surface area contributed by atoms with E-state index in [4.69, 9.17) is 16.3 Å². The van der Waals surface area contributed by atoms with Crippen LogP contribution in [0.1, 0.15) is 23.6 Å². The van der Waals surface area contributed by atoms with Crippen LogP contribution < -0.4 is 10.1 Å². The van der Waals surface area contributed by atoms with E-state index in [1.54, 1.807) is 0 Å². The third kappa shape index (κ3) is 6.39. The highest BCUT2D eigenvalue weighted by molar-refractivity contribution is 9.10. The van der Waals surface area contributed by atoms with E-state index >= 15 is 0 Å². The zero-order chi connectivity index (χ0) is 24.9. The van der Waals surface area contributed by atoms with E-state index in [1.807, 2.05) is 63.2 Å². The molecule has 0 heterocycles. The standard InChI is InChI=1S/C25H26BrClN2O4S/c1-4-33-23-11-10-21(14-22(23)27)34(31,32)29(15-19-8-6-5-7-9-19)16-24(30)28-25-17(2)12-20(26)13-18(25)3/h5-14H,4,15-16H2,1-3H3,(H,28,30). The number of ether oxygens (including phenoxy) is 1. The lowest BCUT2D eigenvalue weighted by molar-refractivity contribution is -0.116. The van der Waals surface area contributed by atoms with Crippen LogP contribution in [0.15, 0.2) is 70.0 Å². The minimum absolute atomic E-state index is 0.0133. The number of benzene rings is 3. The van der Waals surface area contributed by atoms with Crippen LogP contribution in [0.5, 0.6) is 5.75 Å². The minimum atomic E-state index is -4.04. The smallest absolute Gasteiger partial charge is 0.243 e. The number of halogens is 2. The summed E-state index contributed by atoms with van der Waals surface area (Å²) < 4.78 is 34.6. The van der Waals surface area contributed by atoms with Crippen LogP contribution in [0.3, 0.4) is 0 Å². The second-order valence-corrected chi connectivity index (χ2v) is 11.0. The quantitative estimate of drug-likeness (QED) is 0.348. The van der Waals surface area contributed by atoms with E-state index in [0.29, 0.717) is 18.0 Å². The molecule has 3 aromatic rings. The van der Waals surface area contributed by atoms with Crippen LogP contribution in [-0.4, -0.2) is 31.8 Å². The molecular weight excluding hydrogens is 540 g/mol. The Kier molecular flexibility index (Phi) is 8.76. The molecule has 0 saturated carbocycles. The predicted octanol–water partition coefficient (Wildman–Crippen LogP) is 5.95. The van der Waals surface area contributed by atoms with Crippen molar-refractivity contribution in [3.8, 4) is 5.75 Å². The molecule has 3 rings (SSSR count). The average Bonchev–Trinajstić information content (AvgIpc) is 2.78. The number of nitrogens with one attached hydrogen (secondary N) is 1. The number of rotatable bonds is 9. The summed E-state index contributed by atoms with van der Waals surface area (Å²) in [6.45, 7) is 5.65. The summed E-state index contributed by atoms with van der Waals surface area (Å²) in [6, 6.07) is 17.2. The largest absolute Gasteiger partial charge is 0.492 e. The fraction of sp³-hybridized carbons (Fsp3) is 0.240. The van der Waals surface area contributed by atoms with Gasteiger partial charge in [-0.1, -0.05) is 57.9 Å². The number of hydrogen-bond donors (Lipinski definition) is 1. The second-order valence-electron chi connectivity index (χ2n) is 7.75. The molecule has 0 spiro atoms. The van der Waals surface area contributed by atoms with Crippen molar-refractivity contribution in [3.63, 3.8) is 0 Å². The lowest BCUT2D eigenvalue weighted by Crippen LogP contribution is -2.37. The van der Waals surface area contributed by atoms with Gasteiger partial charge in [-0.25, -0.2) is 8.42 Å². The molecule has 0 saturated heterocycles. The van der Waals surface area contributed by atoms with Crippen LogP contribution >= 0.6 is 27.5 Å². The van der Waals surface area contributed by atoms with Gasteiger partial charge in [0.2, 0.25) is 15.9 Å². The van der Waals surface area contributed by atoms with Crippen molar-refractivity contribution in [2.24, 2.45) is 0 Å². The Labute approximate surface area is 214 Å². The van der Waals surface area contributed by atoms with Crippen molar-refractivity contribution in [3.05, 3.63) is 86.8 Å². The van der Waals surface area contributed by atoms with Gasteiger partial charge in [0.25, 0.3) is 0 Å². The maximum Gasteiger partial charge on any atom is 0.243 e. The van der Waals surface area contributed by atoms with E-state index in [2.05, 4.69) is 21.2 Å². The normalized spacial score (nSPS) is 11.5. The fourth-order valence-electron chi connectivity index (χ4n) is 3.52. The molecule has 0 fully saturated rings. The van der Waals surface area contributed by atoms with E-state index in [9.17, 15) is 13.2 Å². The zero-order valence-electron chi connectivity index (χ0n) is 19.1. The van der Waals surface area contributed by atoms with Gasteiger partial charge in [-0.15, -0.1) is 0 Å². The Bertz CT molecular complexity index is 1260. The van der Waals surface area contributed by atoms with Crippen molar-refractivity contribution in [2.75, 3.05) is 18.5 Å². The maximum atomic E-state index is 13.6. The van der Waals surface area contributed by atoms with Gasteiger partial charge >= 0.3 is 0 Å². The molecule has 0 radical (unpaired) electrons. The van der Waals surface area contributed by atoms with Gasteiger partial charge in [-0.2, -0.15) is 4.31 Å². The van der Waals surface area contributed by atoms with Gasteiger partial charge < -0.3 is 10.1 Å². The predicted molar refractivity (Wildman–Crippen MR) is 139 cm³/mol. The van der Waals surface area contributed by atoms with Gasteiger partial charge in [0.15, 0.2) is 0 Å². The van der Waals surface area contributed by atoms with E-state index in [0.717, 1.165) is 25.5 Å². The molecule has 0 bridgehead atoms. The number of aryl methyl sites for hydroxylation is 2. The van der Waals surface area contributed by atoms with Crippen molar-refractivity contribution in [1.82, 2.24) is 4.31 Å². The van der Waals surface area contributed by atoms with Gasteiger partial charge in [0.1, 0.15) is 5.75 Å². The van der Waals surface area contributed by atoms with Crippen molar-refractivity contribution >= 4 is 49.1 Å². The summed E-state index contributed by atoms with van der Waals surface area (Å²) in [6.07, 6.45) is 0. The number of nitrogens with zero attached hydrogens (tertiary/aromatic N) is 1. The highest BCUT2D eigenvalue weighted by atomic mass is 79.9. The number of sulfonamides is 1. The number of amides is 1. The molecule has 180 valence electrons.